The number of fused-ring (bicyclic) bond motifs is 1. The molecule has 1 aliphatic heterocycles. The molecule has 0 radical (unpaired) electrons. The van der Waals surface area contributed by atoms with Crippen molar-refractivity contribution in [3.8, 4) is 0 Å². The van der Waals surface area contributed by atoms with Crippen molar-refractivity contribution >= 4 is 0 Å². The first kappa shape index (κ1) is 11.4. The van der Waals surface area contributed by atoms with E-state index >= 15 is 0 Å². The predicted octanol–water partition coefficient (Wildman–Crippen LogP) is 3.68. The first-order valence-electron chi connectivity index (χ1n) is 6.50. The summed E-state index contributed by atoms with van der Waals surface area (Å²) >= 11 is 0. The maximum atomic E-state index is 2.82. The molecule has 0 aromatic carbocycles. The van der Waals surface area contributed by atoms with Crippen LogP contribution < -0.4 is 0 Å². The molecule has 88 valence electrons. The van der Waals surface area contributed by atoms with Crippen LogP contribution in [0.4, 0.5) is 0 Å². The van der Waals surface area contributed by atoms with E-state index in [0.29, 0.717) is 11.0 Å². The van der Waals surface area contributed by atoms with E-state index in [9.17, 15) is 0 Å². The van der Waals surface area contributed by atoms with Crippen molar-refractivity contribution in [1.82, 2.24) is 4.90 Å². The highest BCUT2D eigenvalue weighted by molar-refractivity contribution is 5.07. The van der Waals surface area contributed by atoms with E-state index in [1.807, 2.05) is 0 Å². The molecule has 1 heteroatoms. The minimum absolute atomic E-state index is 0.345. The van der Waals surface area contributed by atoms with Crippen LogP contribution in [0.5, 0.6) is 0 Å². The quantitative estimate of drug-likeness (QED) is 0.588. The Hall–Kier alpha value is -0.0400. The van der Waals surface area contributed by atoms with E-state index in [2.05, 4.69) is 46.4 Å². The molecule has 0 aromatic rings. The zero-order valence-electron chi connectivity index (χ0n) is 11.3. The molecule has 2 rings (SSSR count). The van der Waals surface area contributed by atoms with E-state index < -0.39 is 0 Å². The van der Waals surface area contributed by atoms with Crippen LogP contribution in [-0.2, 0) is 0 Å². The Morgan fingerprint density at radius 2 is 1.53 bits per heavy atom. The van der Waals surface area contributed by atoms with E-state index in [0.717, 1.165) is 18.0 Å². The average molecular weight is 209 g/mol. The van der Waals surface area contributed by atoms with Gasteiger partial charge in [0.05, 0.1) is 0 Å². The van der Waals surface area contributed by atoms with Crippen molar-refractivity contribution in [3.63, 3.8) is 0 Å². The molecule has 1 aliphatic carbocycles. The van der Waals surface area contributed by atoms with Crippen LogP contribution in [0.1, 0.15) is 60.8 Å². The maximum Gasteiger partial charge on any atom is 0.0152 e. The molecule has 1 nitrogen and oxygen atoms in total. The largest absolute Gasteiger partial charge is 0.292 e. The smallest absolute Gasteiger partial charge is 0.0152 e. The second-order valence-corrected chi connectivity index (χ2v) is 7.60. The van der Waals surface area contributed by atoms with Crippen molar-refractivity contribution in [3.05, 3.63) is 0 Å². The number of rotatable bonds is 0. The molecule has 0 N–H and O–H groups in total. The van der Waals surface area contributed by atoms with Gasteiger partial charge in [0.1, 0.15) is 0 Å². The molecular formula is C14H27N. The van der Waals surface area contributed by atoms with Crippen LogP contribution in [0.3, 0.4) is 0 Å². The maximum absolute atomic E-state index is 2.82. The standard InChI is InChI=1S/C14H27N/c1-13(2,3)12-8-7-10-9-11(10)15(12)14(4,5)6/h10-12H,7-9H2,1-6H3. The van der Waals surface area contributed by atoms with Gasteiger partial charge >= 0.3 is 0 Å². The third kappa shape index (κ3) is 2.08. The molecular weight excluding hydrogens is 182 g/mol. The molecule has 15 heavy (non-hydrogen) atoms. The first-order valence-corrected chi connectivity index (χ1v) is 6.50. The molecule has 2 fully saturated rings. The van der Waals surface area contributed by atoms with Gasteiger partial charge in [-0.2, -0.15) is 0 Å². The third-order valence-electron chi connectivity index (χ3n) is 4.16. The molecule has 0 amide bonds. The summed E-state index contributed by atoms with van der Waals surface area (Å²) in [4.78, 5) is 2.82. The summed E-state index contributed by atoms with van der Waals surface area (Å²) in [6.45, 7) is 14.3. The second-order valence-electron chi connectivity index (χ2n) is 7.60. The van der Waals surface area contributed by atoms with Gasteiger partial charge in [-0.15, -0.1) is 0 Å². The lowest BCUT2D eigenvalue weighted by Gasteiger charge is -2.50. The number of hydrogen-bond acceptors (Lipinski definition) is 1. The molecule has 3 unspecified atom stereocenters. The average Bonchev–Trinajstić information content (AvgIpc) is 2.75. The Kier molecular flexibility index (Phi) is 2.46. The molecule has 0 aromatic heterocycles. The fourth-order valence-electron chi connectivity index (χ4n) is 3.44. The summed E-state index contributed by atoms with van der Waals surface area (Å²) in [6, 6.07) is 1.68. The molecule has 2 aliphatic rings. The zero-order valence-corrected chi connectivity index (χ0v) is 11.3. The monoisotopic (exact) mass is 209 g/mol. The van der Waals surface area contributed by atoms with Gasteiger partial charge in [-0.05, 0) is 51.4 Å². The van der Waals surface area contributed by atoms with E-state index in [4.69, 9.17) is 0 Å². The molecule has 3 atom stereocenters. The summed E-state index contributed by atoms with van der Waals surface area (Å²) in [5.74, 6) is 1.03. The number of likely N-dealkylation sites (tertiary alicyclic amines) is 1. The second kappa shape index (κ2) is 3.23. The lowest BCUT2D eigenvalue weighted by Crippen LogP contribution is -2.56. The highest BCUT2D eigenvalue weighted by Gasteiger charge is 2.53. The molecule has 1 saturated heterocycles. The first-order chi connectivity index (χ1) is 6.71. The highest BCUT2D eigenvalue weighted by Crippen LogP contribution is 2.51. The van der Waals surface area contributed by atoms with Crippen molar-refractivity contribution < 1.29 is 0 Å². The van der Waals surface area contributed by atoms with Crippen LogP contribution in [-0.4, -0.2) is 22.5 Å². The number of piperidine rings is 1. The van der Waals surface area contributed by atoms with E-state index in [1.54, 1.807) is 0 Å². The summed E-state index contributed by atoms with van der Waals surface area (Å²) in [6.07, 6.45) is 4.34. The van der Waals surface area contributed by atoms with Gasteiger partial charge in [-0.3, -0.25) is 4.90 Å². The van der Waals surface area contributed by atoms with Gasteiger partial charge < -0.3 is 0 Å². The number of hydrogen-bond donors (Lipinski definition) is 0. The Morgan fingerprint density at radius 3 is 2.00 bits per heavy atom. The Bertz CT molecular complexity index is 243. The van der Waals surface area contributed by atoms with Crippen LogP contribution in [0.25, 0.3) is 0 Å². The molecule has 1 saturated carbocycles. The van der Waals surface area contributed by atoms with Crippen molar-refractivity contribution in [2.75, 3.05) is 0 Å². The Balaban J connectivity index is 2.21. The van der Waals surface area contributed by atoms with Gasteiger partial charge in [-0.25, -0.2) is 0 Å². The van der Waals surface area contributed by atoms with Crippen molar-refractivity contribution in [2.24, 2.45) is 11.3 Å². The van der Waals surface area contributed by atoms with Crippen LogP contribution >= 0.6 is 0 Å². The van der Waals surface area contributed by atoms with Crippen LogP contribution in [0, 0.1) is 11.3 Å². The molecule has 0 spiro atoms. The van der Waals surface area contributed by atoms with Gasteiger partial charge in [0.2, 0.25) is 0 Å². The fourth-order valence-corrected chi connectivity index (χ4v) is 3.44. The molecule has 1 heterocycles. The minimum Gasteiger partial charge on any atom is -0.292 e. The topological polar surface area (TPSA) is 3.24 Å². The highest BCUT2D eigenvalue weighted by atomic mass is 15.3. The lowest BCUT2D eigenvalue weighted by molar-refractivity contribution is -0.0124. The van der Waals surface area contributed by atoms with E-state index in [-0.39, 0.29) is 0 Å². The van der Waals surface area contributed by atoms with Gasteiger partial charge in [0.15, 0.2) is 0 Å². The van der Waals surface area contributed by atoms with Crippen molar-refractivity contribution in [2.45, 2.75) is 78.4 Å². The van der Waals surface area contributed by atoms with Crippen molar-refractivity contribution in [1.29, 1.82) is 0 Å². The summed E-state index contributed by atoms with van der Waals surface area (Å²) < 4.78 is 0. The van der Waals surface area contributed by atoms with Crippen LogP contribution in [0.15, 0.2) is 0 Å². The summed E-state index contributed by atoms with van der Waals surface area (Å²) in [7, 11) is 0. The minimum atomic E-state index is 0.345. The van der Waals surface area contributed by atoms with E-state index in [1.165, 1.54) is 19.3 Å². The summed E-state index contributed by atoms with van der Waals surface area (Å²) in [5, 5.41) is 0. The molecule has 0 bridgehead atoms. The van der Waals surface area contributed by atoms with Gasteiger partial charge in [-0.1, -0.05) is 20.8 Å². The SMILES string of the molecule is CC(C)(C)C1CCC2CC2N1C(C)(C)C. The Labute approximate surface area is 95.2 Å². The third-order valence-corrected chi connectivity index (χ3v) is 4.16. The summed E-state index contributed by atoms with van der Waals surface area (Å²) in [5.41, 5.74) is 0.776. The van der Waals surface area contributed by atoms with Gasteiger partial charge in [0.25, 0.3) is 0 Å². The zero-order chi connectivity index (χ0) is 11.4. The normalized spacial score (nSPS) is 37.6. The Morgan fingerprint density at radius 1 is 0.933 bits per heavy atom. The number of nitrogens with zero attached hydrogens (tertiary/aromatic N) is 1. The predicted molar refractivity (Wildman–Crippen MR) is 66.0 cm³/mol. The fraction of sp³-hybridized carbons (Fsp3) is 1.00. The van der Waals surface area contributed by atoms with Crippen LogP contribution in [0.2, 0.25) is 0 Å². The lowest BCUT2D eigenvalue weighted by atomic mass is 9.78. The van der Waals surface area contributed by atoms with Gasteiger partial charge in [0, 0.05) is 17.6 Å².